The Bertz CT molecular complexity index is 655. The van der Waals surface area contributed by atoms with Crippen LogP contribution in [0.4, 0.5) is 0 Å². The van der Waals surface area contributed by atoms with Crippen LogP contribution in [0.5, 0.6) is 0 Å². The van der Waals surface area contributed by atoms with E-state index in [0.29, 0.717) is 31.1 Å². The van der Waals surface area contributed by atoms with Crippen LogP contribution in [0.25, 0.3) is 0 Å². The average Bonchev–Trinajstić information content (AvgIpc) is 3.29. The number of amides is 2. The van der Waals surface area contributed by atoms with Crippen molar-refractivity contribution in [3.8, 4) is 0 Å². The SMILES string of the molecule is CCN(CCN1C(=O)CS[C@H]1c1ccsc1)C(=O)c1ccco1. The lowest BCUT2D eigenvalue weighted by Crippen LogP contribution is -2.39. The molecule has 0 N–H and O–H groups in total. The Kier molecular flexibility index (Phi) is 5.07. The van der Waals surface area contributed by atoms with Crippen molar-refractivity contribution >= 4 is 34.9 Å². The van der Waals surface area contributed by atoms with Gasteiger partial charge in [0.15, 0.2) is 5.76 Å². The van der Waals surface area contributed by atoms with Gasteiger partial charge in [0, 0.05) is 19.6 Å². The molecule has 3 heterocycles. The van der Waals surface area contributed by atoms with Crippen LogP contribution in [0.2, 0.25) is 0 Å². The number of furan rings is 1. The number of thioether (sulfide) groups is 1. The third-order valence-corrected chi connectivity index (χ3v) is 5.77. The largest absolute Gasteiger partial charge is 0.459 e. The zero-order valence-corrected chi connectivity index (χ0v) is 14.4. The number of likely N-dealkylation sites (N-methyl/N-ethyl adjacent to an activating group) is 1. The Hall–Kier alpha value is -1.73. The standard InChI is InChI=1S/C16H18N2O3S2/c1-2-17(15(20)13-4-3-8-21-13)6-7-18-14(19)11-23-16(18)12-5-9-22-10-12/h3-5,8-10,16H,2,6-7,11H2,1H3/t16-/m0/s1. The number of rotatable bonds is 6. The highest BCUT2D eigenvalue weighted by Crippen LogP contribution is 2.39. The highest BCUT2D eigenvalue weighted by atomic mass is 32.2. The van der Waals surface area contributed by atoms with E-state index in [0.717, 1.165) is 5.56 Å². The van der Waals surface area contributed by atoms with Crippen LogP contribution in [0.3, 0.4) is 0 Å². The van der Waals surface area contributed by atoms with Gasteiger partial charge in [-0.3, -0.25) is 9.59 Å². The lowest BCUT2D eigenvalue weighted by atomic mass is 10.3. The summed E-state index contributed by atoms with van der Waals surface area (Å²) in [5.74, 6) is 0.832. The van der Waals surface area contributed by atoms with E-state index < -0.39 is 0 Å². The minimum Gasteiger partial charge on any atom is -0.459 e. The van der Waals surface area contributed by atoms with Crippen molar-refractivity contribution in [3.05, 3.63) is 46.5 Å². The van der Waals surface area contributed by atoms with Crippen LogP contribution >= 0.6 is 23.1 Å². The molecule has 0 saturated carbocycles. The van der Waals surface area contributed by atoms with Gasteiger partial charge < -0.3 is 14.2 Å². The maximum atomic E-state index is 12.4. The first kappa shape index (κ1) is 16.1. The maximum absolute atomic E-state index is 12.4. The number of nitrogens with zero attached hydrogens (tertiary/aromatic N) is 2. The summed E-state index contributed by atoms with van der Waals surface area (Å²) >= 11 is 3.28. The van der Waals surface area contributed by atoms with Gasteiger partial charge in [0.05, 0.1) is 12.0 Å². The Morgan fingerprint density at radius 3 is 3.00 bits per heavy atom. The molecule has 0 aliphatic carbocycles. The molecule has 2 amide bonds. The van der Waals surface area contributed by atoms with Crippen LogP contribution in [-0.4, -0.2) is 47.0 Å². The third kappa shape index (κ3) is 3.45. The van der Waals surface area contributed by atoms with E-state index in [-0.39, 0.29) is 17.2 Å². The fourth-order valence-corrected chi connectivity index (χ4v) is 4.55. The summed E-state index contributed by atoms with van der Waals surface area (Å²) < 4.78 is 5.18. The van der Waals surface area contributed by atoms with E-state index in [1.54, 1.807) is 40.1 Å². The molecule has 7 heteroatoms. The Balaban J connectivity index is 1.65. The first-order chi connectivity index (χ1) is 11.2. The number of hydrogen-bond donors (Lipinski definition) is 0. The van der Waals surface area contributed by atoms with Gasteiger partial charge in [0.25, 0.3) is 5.91 Å². The lowest BCUT2D eigenvalue weighted by molar-refractivity contribution is -0.128. The van der Waals surface area contributed by atoms with Crippen molar-refractivity contribution in [2.24, 2.45) is 0 Å². The number of hydrogen-bond acceptors (Lipinski definition) is 5. The van der Waals surface area contributed by atoms with Gasteiger partial charge in [-0.05, 0) is 41.4 Å². The average molecular weight is 350 g/mol. The molecule has 1 atom stereocenters. The van der Waals surface area contributed by atoms with Gasteiger partial charge in [-0.1, -0.05) is 0 Å². The zero-order valence-electron chi connectivity index (χ0n) is 12.8. The second kappa shape index (κ2) is 7.23. The summed E-state index contributed by atoms with van der Waals surface area (Å²) in [5.41, 5.74) is 1.16. The van der Waals surface area contributed by atoms with E-state index in [1.165, 1.54) is 6.26 Å². The van der Waals surface area contributed by atoms with E-state index in [1.807, 2.05) is 17.2 Å². The molecule has 1 saturated heterocycles. The second-order valence-corrected chi connectivity index (χ2v) is 7.02. The summed E-state index contributed by atoms with van der Waals surface area (Å²) in [6, 6.07) is 5.42. The zero-order chi connectivity index (χ0) is 16.2. The third-order valence-electron chi connectivity index (χ3n) is 3.81. The summed E-state index contributed by atoms with van der Waals surface area (Å²) in [6.07, 6.45) is 1.49. The molecule has 122 valence electrons. The van der Waals surface area contributed by atoms with Crippen LogP contribution in [0.1, 0.15) is 28.4 Å². The molecule has 1 aliphatic heterocycles. The minimum absolute atomic E-state index is 0.0613. The highest BCUT2D eigenvalue weighted by molar-refractivity contribution is 8.00. The predicted octanol–water partition coefficient (Wildman–Crippen LogP) is 3.08. The molecule has 2 aromatic rings. The van der Waals surface area contributed by atoms with Crippen molar-refractivity contribution in [2.45, 2.75) is 12.3 Å². The smallest absolute Gasteiger partial charge is 0.289 e. The molecule has 3 rings (SSSR count). The molecule has 2 aromatic heterocycles. The monoisotopic (exact) mass is 350 g/mol. The Labute approximate surface area is 143 Å². The van der Waals surface area contributed by atoms with E-state index in [4.69, 9.17) is 4.42 Å². The van der Waals surface area contributed by atoms with Crippen LogP contribution in [0, 0.1) is 0 Å². The molecule has 0 spiro atoms. The van der Waals surface area contributed by atoms with Crippen molar-refractivity contribution in [1.29, 1.82) is 0 Å². The van der Waals surface area contributed by atoms with Gasteiger partial charge >= 0.3 is 0 Å². The molecule has 1 fully saturated rings. The first-order valence-electron chi connectivity index (χ1n) is 7.46. The van der Waals surface area contributed by atoms with Gasteiger partial charge in [0.2, 0.25) is 5.91 Å². The summed E-state index contributed by atoms with van der Waals surface area (Å²) in [6.45, 7) is 3.55. The topological polar surface area (TPSA) is 53.8 Å². The first-order valence-corrected chi connectivity index (χ1v) is 9.45. The van der Waals surface area contributed by atoms with Crippen molar-refractivity contribution in [3.63, 3.8) is 0 Å². The fourth-order valence-electron chi connectivity index (χ4n) is 2.58. The lowest BCUT2D eigenvalue weighted by Gasteiger charge is -2.27. The summed E-state index contributed by atoms with van der Waals surface area (Å²) in [4.78, 5) is 28.1. The number of carbonyl (C=O) groups excluding carboxylic acids is 2. The van der Waals surface area contributed by atoms with Gasteiger partial charge in [0.1, 0.15) is 5.37 Å². The van der Waals surface area contributed by atoms with E-state index in [2.05, 4.69) is 11.4 Å². The van der Waals surface area contributed by atoms with Gasteiger partial charge in [-0.2, -0.15) is 11.3 Å². The fraction of sp³-hybridized carbons (Fsp3) is 0.375. The van der Waals surface area contributed by atoms with Crippen LogP contribution < -0.4 is 0 Å². The number of thiophene rings is 1. The predicted molar refractivity (Wildman–Crippen MR) is 91.5 cm³/mol. The molecule has 5 nitrogen and oxygen atoms in total. The van der Waals surface area contributed by atoms with Gasteiger partial charge in [-0.25, -0.2) is 0 Å². The molecule has 0 unspecified atom stereocenters. The second-order valence-electron chi connectivity index (χ2n) is 5.17. The molecule has 0 radical (unpaired) electrons. The highest BCUT2D eigenvalue weighted by Gasteiger charge is 2.33. The quantitative estimate of drug-likeness (QED) is 0.803. The Morgan fingerprint density at radius 2 is 2.35 bits per heavy atom. The molecular formula is C16H18N2O3S2. The molecular weight excluding hydrogens is 332 g/mol. The van der Waals surface area contributed by atoms with Crippen LogP contribution in [-0.2, 0) is 4.79 Å². The van der Waals surface area contributed by atoms with Gasteiger partial charge in [-0.15, -0.1) is 11.8 Å². The molecule has 1 aliphatic rings. The van der Waals surface area contributed by atoms with Crippen molar-refractivity contribution in [1.82, 2.24) is 9.80 Å². The Morgan fingerprint density at radius 1 is 1.48 bits per heavy atom. The maximum Gasteiger partial charge on any atom is 0.289 e. The molecule has 0 aromatic carbocycles. The normalized spacial score (nSPS) is 17.7. The van der Waals surface area contributed by atoms with Crippen molar-refractivity contribution in [2.75, 3.05) is 25.4 Å². The summed E-state index contributed by atoms with van der Waals surface area (Å²) in [7, 11) is 0. The minimum atomic E-state index is -0.135. The van der Waals surface area contributed by atoms with E-state index >= 15 is 0 Å². The van der Waals surface area contributed by atoms with E-state index in [9.17, 15) is 9.59 Å². The van der Waals surface area contributed by atoms with Crippen LogP contribution in [0.15, 0.2) is 39.6 Å². The number of carbonyl (C=O) groups is 2. The summed E-state index contributed by atoms with van der Waals surface area (Å²) in [5, 5.41) is 4.16. The molecule has 23 heavy (non-hydrogen) atoms. The van der Waals surface area contributed by atoms with Crippen molar-refractivity contribution < 1.29 is 14.0 Å². The molecule has 0 bridgehead atoms.